The van der Waals surface area contributed by atoms with Gasteiger partial charge in [0.05, 0.1) is 11.3 Å². The van der Waals surface area contributed by atoms with Crippen LogP contribution in [0.3, 0.4) is 0 Å². The van der Waals surface area contributed by atoms with Crippen LogP contribution in [0, 0.1) is 12.3 Å². The third-order valence-corrected chi connectivity index (χ3v) is 2.83. The Bertz CT molecular complexity index is 481. The van der Waals surface area contributed by atoms with E-state index in [1.54, 1.807) is 14.1 Å². The predicted molar refractivity (Wildman–Crippen MR) is 64.5 cm³/mol. The quantitative estimate of drug-likeness (QED) is 0.697. The summed E-state index contributed by atoms with van der Waals surface area (Å²) in [5.41, 5.74) is 1.95. The zero-order valence-corrected chi connectivity index (χ0v) is 10.2. The lowest BCUT2D eigenvalue weighted by molar-refractivity contribution is 0.0820. The number of hydrogen-bond acceptors (Lipinski definition) is 3. The van der Waals surface area contributed by atoms with E-state index in [2.05, 4.69) is 16.3 Å². The third-order valence-electron chi connectivity index (χ3n) is 2.83. The van der Waals surface area contributed by atoms with Crippen LogP contribution in [0.15, 0.2) is 0 Å². The van der Waals surface area contributed by atoms with Gasteiger partial charge in [-0.3, -0.25) is 9.48 Å². The van der Waals surface area contributed by atoms with E-state index < -0.39 is 0 Å². The Morgan fingerprint density at radius 3 is 3.00 bits per heavy atom. The van der Waals surface area contributed by atoms with Gasteiger partial charge in [0.15, 0.2) is 5.69 Å². The van der Waals surface area contributed by atoms with E-state index in [-0.39, 0.29) is 5.91 Å². The van der Waals surface area contributed by atoms with Crippen molar-refractivity contribution >= 4 is 5.91 Å². The zero-order chi connectivity index (χ0) is 12.4. The molecule has 17 heavy (non-hydrogen) atoms. The Morgan fingerprint density at radius 1 is 1.59 bits per heavy atom. The number of terminal acetylenes is 1. The molecule has 1 aromatic rings. The molecule has 0 fully saturated rings. The first-order valence-electron chi connectivity index (χ1n) is 5.63. The van der Waals surface area contributed by atoms with Crippen LogP contribution in [-0.4, -0.2) is 41.2 Å². The lowest BCUT2D eigenvalue weighted by atomic mass is 10.1. The number of nitrogens with zero attached hydrogens (tertiary/aromatic N) is 3. The molecule has 5 nitrogen and oxygen atoms in total. The summed E-state index contributed by atoms with van der Waals surface area (Å²) in [6.45, 7) is 2.43. The number of aryl methyl sites for hydroxylation is 1. The highest BCUT2D eigenvalue weighted by atomic mass is 16.2. The number of carbonyl (C=O) groups excluding carboxylic acids is 1. The molecule has 1 N–H and O–H groups in total. The number of hydrogen-bond donors (Lipinski definition) is 1. The molecule has 1 amide bonds. The van der Waals surface area contributed by atoms with Gasteiger partial charge >= 0.3 is 0 Å². The summed E-state index contributed by atoms with van der Waals surface area (Å²) in [5.74, 6) is 2.46. The molecule has 1 aliphatic rings. The summed E-state index contributed by atoms with van der Waals surface area (Å²) in [6.07, 6.45) is 6.50. The van der Waals surface area contributed by atoms with Crippen molar-refractivity contribution in [3.8, 4) is 12.3 Å². The van der Waals surface area contributed by atoms with Gasteiger partial charge < -0.3 is 10.2 Å². The minimum Gasteiger partial charge on any atom is -0.343 e. The zero-order valence-electron chi connectivity index (χ0n) is 10.2. The van der Waals surface area contributed by atoms with Crippen molar-refractivity contribution in [1.82, 2.24) is 20.0 Å². The van der Waals surface area contributed by atoms with Crippen molar-refractivity contribution < 1.29 is 4.79 Å². The minimum absolute atomic E-state index is 0.140. The molecule has 2 rings (SSSR count). The van der Waals surface area contributed by atoms with Crippen LogP contribution >= 0.6 is 0 Å². The van der Waals surface area contributed by atoms with Gasteiger partial charge in [0.25, 0.3) is 5.91 Å². The largest absolute Gasteiger partial charge is 0.343 e. The Hall–Kier alpha value is -1.80. The smallest absolute Gasteiger partial charge is 0.275 e. The van der Waals surface area contributed by atoms with Crippen molar-refractivity contribution in [1.29, 1.82) is 0 Å². The fourth-order valence-electron chi connectivity index (χ4n) is 1.94. The normalized spacial score (nSPS) is 14.6. The van der Waals surface area contributed by atoms with Gasteiger partial charge in [-0.1, -0.05) is 5.92 Å². The Morgan fingerprint density at radius 2 is 2.35 bits per heavy atom. The molecule has 2 heterocycles. The first-order valence-corrected chi connectivity index (χ1v) is 5.63. The first kappa shape index (κ1) is 11.7. The monoisotopic (exact) mass is 232 g/mol. The molecule has 0 bridgehead atoms. The molecule has 5 heteroatoms. The summed E-state index contributed by atoms with van der Waals surface area (Å²) in [6, 6.07) is 0. The SMILES string of the molecule is C#Cc1c(C(=O)N(C)C)nn2c1CNCCC2. The summed E-state index contributed by atoms with van der Waals surface area (Å²) in [5, 5.41) is 7.62. The molecule has 0 spiro atoms. The van der Waals surface area contributed by atoms with Gasteiger partial charge in [0, 0.05) is 27.2 Å². The first-order chi connectivity index (χ1) is 8.15. The van der Waals surface area contributed by atoms with Gasteiger partial charge in [0.1, 0.15) is 0 Å². The van der Waals surface area contributed by atoms with Crippen LogP contribution < -0.4 is 5.32 Å². The average Bonchev–Trinajstić information content (AvgIpc) is 2.49. The molecule has 0 atom stereocenters. The summed E-state index contributed by atoms with van der Waals surface area (Å²) < 4.78 is 1.85. The second-order valence-corrected chi connectivity index (χ2v) is 4.27. The second-order valence-electron chi connectivity index (χ2n) is 4.27. The second kappa shape index (κ2) is 4.60. The maximum Gasteiger partial charge on any atom is 0.275 e. The summed E-state index contributed by atoms with van der Waals surface area (Å²) in [7, 11) is 3.40. The van der Waals surface area contributed by atoms with Gasteiger partial charge in [-0.25, -0.2) is 0 Å². The molecule has 0 unspecified atom stereocenters. The lowest BCUT2D eigenvalue weighted by Crippen LogP contribution is -2.23. The maximum atomic E-state index is 12.0. The maximum absolute atomic E-state index is 12.0. The van der Waals surface area contributed by atoms with E-state index in [0.29, 0.717) is 17.8 Å². The number of rotatable bonds is 1. The van der Waals surface area contributed by atoms with Crippen LogP contribution in [-0.2, 0) is 13.1 Å². The highest BCUT2D eigenvalue weighted by Crippen LogP contribution is 2.17. The Labute approximate surface area is 101 Å². The topological polar surface area (TPSA) is 50.2 Å². The highest BCUT2D eigenvalue weighted by molar-refractivity contribution is 5.94. The van der Waals surface area contributed by atoms with E-state index in [4.69, 9.17) is 6.42 Å². The average molecular weight is 232 g/mol. The van der Waals surface area contributed by atoms with Gasteiger partial charge in [0.2, 0.25) is 0 Å². The molecule has 0 saturated carbocycles. The van der Waals surface area contributed by atoms with Crippen molar-refractivity contribution in [2.45, 2.75) is 19.5 Å². The van der Waals surface area contributed by atoms with Crippen molar-refractivity contribution in [3.05, 3.63) is 17.0 Å². The van der Waals surface area contributed by atoms with Crippen LogP contribution in [0.5, 0.6) is 0 Å². The molecule has 0 saturated heterocycles. The Balaban J connectivity index is 2.48. The third kappa shape index (κ3) is 2.04. The lowest BCUT2D eigenvalue weighted by Gasteiger charge is -2.08. The predicted octanol–water partition coefficient (Wildman–Crippen LogP) is 0.0595. The van der Waals surface area contributed by atoms with Gasteiger partial charge in [-0.15, -0.1) is 6.42 Å². The van der Waals surface area contributed by atoms with E-state index in [9.17, 15) is 4.79 Å². The van der Waals surface area contributed by atoms with E-state index in [1.807, 2.05) is 4.68 Å². The van der Waals surface area contributed by atoms with E-state index >= 15 is 0 Å². The summed E-state index contributed by atoms with van der Waals surface area (Å²) in [4.78, 5) is 13.5. The number of fused-ring (bicyclic) bond motifs is 1. The van der Waals surface area contributed by atoms with Crippen LogP contribution in [0.4, 0.5) is 0 Å². The molecule has 1 aromatic heterocycles. The molecular weight excluding hydrogens is 216 g/mol. The van der Waals surface area contributed by atoms with E-state index in [0.717, 1.165) is 25.2 Å². The van der Waals surface area contributed by atoms with Crippen LogP contribution in [0.25, 0.3) is 0 Å². The molecule has 0 radical (unpaired) electrons. The van der Waals surface area contributed by atoms with Gasteiger partial charge in [-0.05, 0) is 13.0 Å². The summed E-state index contributed by atoms with van der Waals surface area (Å²) >= 11 is 0. The Kier molecular flexibility index (Phi) is 3.16. The van der Waals surface area contributed by atoms with Crippen molar-refractivity contribution in [2.24, 2.45) is 0 Å². The standard InChI is InChI=1S/C12H16N4O/c1-4-9-10-8-13-6-5-7-16(10)14-11(9)12(17)15(2)3/h1,13H,5-8H2,2-3H3. The van der Waals surface area contributed by atoms with Gasteiger partial charge in [-0.2, -0.15) is 5.10 Å². The van der Waals surface area contributed by atoms with Crippen LogP contribution in [0.1, 0.15) is 28.2 Å². The number of carbonyl (C=O) groups is 1. The molecular formula is C12H16N4O. The molecule has 90 valence electrons. The number of aromatic nitrogens is 2. The van der Waals surface area contributed by atoms with Crippen molar-refractivity contribution in [2.75, 3.05) is 20.6 Å². The fraction of sp³-hybridized carbons (Fsp3) is 0.500. The van der Waals surface area contributed by atoms with Crippen LogP contribution in [0.2, 0.25) is 0 Å². The minimum atomic E-state index is -0.140. The van der Waals surface area contributed by atoms with E-state index in [1.165, 1.54) is 4.90 Å². The molecule has 0 aromatic carbocycles. The molecule has 0 aliphatic carbocycles. The molecule has 1 aliphatic heterocycles. The highest BCUT2D eigenvalue weighted by Gasteiger charge is 2.23. The number of amides is 1. The fourth-order valence-corrected chi connectivity index (χ4v) is 1.94. The number of nitrogens with one attached hydrogen (secondary N) is 1. The van der Waals surface area contributed by atoms with Crippen molar-refractivity contribution in [3.63, 3.8) is 0 Å².